The first-order valence-corrected chi connectivity index (χ1v) is 4.94. The first-order valence-electron chi connectivity index (χ1n) is 4.94. The standard InChI is InChI=1S/C9H16N2O2/c12-8-2-1-7(5-8)11-4-3-10-9(13)6-11/h7-8,12H,1-6H2,(H,10,13). The molecular weight excluding hydrogens is 168 g/mol. The normalized spacial score (nSPS) is 36.2. The third-order valence-electron chi connectivity index (χ3n) is 2.96. The molecule has 2 unspecified atom stereocenters. The van der Waals surface area contributed by atoms with Crippen molar-refractivity contribution in [3.8, 4) is 0 Å². The Kier molecular flexibility index (Phi) is 2.51. The highest BCUT2D eigenvalue weighted by Crippen LogP contribution is 2.24. The minimum atomic E-state index is -0.144. The molecule has 13 heavy (non-hydrogen) atoms. The largest absolute Gasteiger partial charge is 0.393 e. The van der Waals surface area contributed by atoms with E-state index in [1.807, 2.05) is 0 Å². The second kappa shape index (κ2) is 3.64. The van der Waals surface area contributed by atoms with E-state index >= 15 is 0 Å². The van der Waals surface area contributed by atoms with Gasteiger partial charge in [-0.2, -0.15) is 0 Å². The molecule has 1 amide bonds. The summed E-state index contributed by atoms with van der Waals surface area (Å²) in [7, 11) is 0. The van der Waals surface area contributed by atoms with Crippen molar-refractivity contribution in [1.29, 1.82) is 0 Å². The lowest BCUT2D eigenvalue weighted by atomic mass is 10.2. The number of hydrogen-bond acceptors (Lipinski definition) is 3. The Bertz CT molecular complexity index is 208. The van der Waals surface area contributed by atoms with Gasteiger partial charge in [0.1, 0.15) is 0 Å². The van der Waals surface area contributed by atoms with E-state index in [0.29, 0.717) is 12.6 Å². The molecule has 1 aliphatic carbocycles. The van der Waals surface area contributed by atoms with Crippen molar-refractivity contribution in [3.63, 3.8) is 0 Å². The van der Waals surface area contributed by atoms with E-state index in [1.54, 1.807) is 0 Å². The van der Waals surface area contributed by atoms with Crippen LogP contribution in [0, 0.1) is 0 Å². The van der Waals surface area contributed by atoms with Gasteiger partial charge in [0.2, 0.25) is 5.91 Å². The van der Waals surface area contributed by atoms with Crippen LogP contribution in [0.15, 0.2) is 0 Å². The van der Waals surface area contributed by atoms with Gasteiger partial charge in [0.05, 0.1) is 12.6 Å². The number of nitrogens with one attached hydrogen (secondary N) is 1. The summed E-state index contributed by atoms with van der Waals surface area (Å²) in [4.78, 5) is 13.3. The van der Waals surface area contributed by atoms with Crippen LogP contribution in [0.4, 0.5) is 0 Å². The fraction of sp³-hybridized carbons (Fsp3) is 0.889. The highest BCUT2D eigenvalue weighted by atomic mass is 16.3. The molecule has 1 heterocycles. The molecule has 4 nitrogen and oxygen atoms in total. The van der Waals surface area contributed by atoms with Gasteiger partial charge in [0.25, 0.3) is 0 Å². The smallest absolute Gasteiger partial charge is 0.234 e. The Morgan fingerprint density at radius 1 is 1.46 bits per heavy atom. The van der Waals surface area contributed by atoms with E-state index in [-0.39, 0.29) is 12.0 Å². The first kappa shape index (κ1) is 8.97. The second-order valence-electron chi connectivity index (χ2n) is 3.94. The van der Waals surface area contributed by atoms with E-state index in [2.05, 4.69) is 10.2 Å². The first-order chi connectivity index (χ1) is 6.25. The van der Waals surface area contributed by atoms with Crippen molar-refractivity contribution in [2.75, 3.05) is 19.6 Å². The summed E-state index contributed by atoms with van der Waals surface area (Å²) in [6.45, 7) is 2.20. The van der Waals surface area contributed by atoms with Gasteiger partial charge in [-0.1, -0.05) is 0 Å². The van der Waals surface area contributed by atoms with Crippen LogP contribution >= 0.6 is 0 Å². The van der Waals surface area contributed by atoms with Crippen molar-refractivity contribution in [3.05, 3.63) is 0 Å². The van der Waals surface area contributed by atoms with Gasteiger partial charge in [0.15, 0.2) is 0 Å². The summed E-state index contributed by atoms with van der Waals surface area (Å²) >= 11 is 0. The van der Waals surface area contributed by atoms with Crippen LogP contribution < -0.4 is 5.32 Å². The number of piperazine rings is 1. The number of nitrogens with zero attached hydrogens (tertiary/aromatic N) is 1. The molecule has 74 valence electrons. The average Bonchev–Trinajstić information content (AvgIpc) is 2.52. The van der Waals surface area contributed by atoms with Gasteiger partial charge in [-0.15, -0.1) is 0 Å². The summed E-state index contributed by atoms with van der Waals surface area (Å²) in [5, 5.41) is 12.2. The van der Waals surface area contributed by atoms with Crippen molar-refractivity contribution in [2.24, 2.45) is 0 Å². The molecule has 0 radical (unpaired) electrons. The molecule has 0 aromatic heterocycles. The summed E-state index contributed by atoms with van der Waals surface area (Å²) in [5.74, 6) is 0.118. The Balaban J connectivity index is 1.89. The lowest BCUT2D eigenvalue weighted by Crippen LogP contribution is -2.51. The number of carbonyl (C=O) groups excluding carboxylic acids is 1. The zero-order chi connectivity index (χ0) is 9.26. The van der Waals surface area contributed by atoms with Gasteiger partial charge in [-0.05, 0) is 19.3 Å². The fourth-order valence-electron chi connectivity index (χ4n) is 2.24. The molecule has 2 N–H and O–H groups in total. The molecule has 2 rings (SSSR count). The van der Waals surface area contributed by atoms with Crippen molar-refractivity contribution >= 4 is 5.91 Å². The highest BCUT2D eigenvalue weighted by molar-refractivity contribution is 5.78. The van der Waals surface area contributed by atoms with Crippen LogP contribution in [0.25, 0.3) is 0 Å². The van der Waals surface area contributed by atoms with Crippen molar-refractivity contribution < 1.29 is 9.90 Å². The monoisotopic (exact) mass is 184 g/mol. The van der Waals surface area contributed by atoms with E-state index in [4.69, 9.17) is 0 Å². The van der Waals surface area contributed by atoms with Crippen LogP contribution in [0.1, 0.15) is 19.3 Å². The number of hydrogen-bond donors (Lipinski definition) is 2. The van der Waals surface area contributed by atoms with Crippen LogP contribution in [-0.4, -0.2) is 47.7 Å². The van der Waals surface area contributed by atoms with Gasteiger partial charge in [0, 0.05) is 19.1 Å². The molecule has 0 bridgehead atoms. The zero-order valence-corrected chi connectivity index (χ0v) is 7.70. The fourth-order valence-corrected chi connectivity index (χ4v) is 2.24. The molecule has 1 saturated carbocycles. The lowest BCUT2D eigenvalue weighted by Gasteiger charge is -2.31. The quantitative estimate of drug-likeness (QED) is 0.568. The Morgan fingerprint density at radius 3 is 2.92 bits per heavy atom. The van der Waals surface area contributed by atoms with Crippen molar-refractivity contribution in [2.45, 2.75) is 31.4 Å². The minimum absolute atomic E-state index is 0.118. The maximum Gasteiger partial charge on any atom is 0.234 e. The molecule has 2 atom stereocenters. The number of aliphatic hydroxyl groups is 1. The number of carbonyl (C=O) groups is 1. The van der Waals surface area contributed by atoms with Gasteiger partial charge < -0.3 is 10.4 Å². The zero-order valence-electron chi connectivity index (χ0n) is 7.70. The predicted octanol–water partition coefficient (Wildman–Crippen LogP) is -0.668. The van der Waals surface area contributed by atoms with Gasteiger partial charge >= 0.3 is 0 Å². The maximum atomic E-state index is 11.1. The summed E-state index contributed by atoms with van der Waals surface area (Å²) in [5.41, 5.74) is 0. The summed E-state index contributed by atoms with van der Waals surface area (Å²) in [6.07, 6.45) is 2.62. The molecule has 2 aliphatic rings. The molecule has 1 saturated heterocycles. The number of amides is 1. The van der Waals surface area contributed by atoms with Crippen LogP contribution in [0.2, 0.25) is 0 Å². The highest BCUT2D eigenvalue weighted by Gasteiger charge is 2.30. The Labute approximate surface area is 77.9 Å². The second-order valence-corrected chi connectivity index (χ2v) is 3.94. The predicted molar refractivity (Wildman–Crippen MR) is 48.2 cm³/mol. The summed E-state index contributed by atoms with van der Waals surface area (Å²) < 4.78 is 0. The number of rotatable bonds is 1. The summed E-state index contributed by atoms with van der Waals surface area (Å²) in [6, 6.07) is 0.432. The lowest BCUT2D eigenvalue weighted by molar-refractivity contribution is -0.124. The molecule has 2 fully saturated rings. The molecule has 4 heteroatoms. The third kappa shape index (κ3) is 2.00. The van der Waals surface area contributed by atoms with E-state index in [9.17, 15) is 9.90 Å². The van der Waals surface area contributed by atoms with Crippen LogP contribution in [0.5, 0.6) is 0 Å². The molecular formula is C9H16N2O2. The number of aliphatic hydroxyl groups excluding tert-OH is 1. The van der Waals surface area contributed by atoms with E-state index < -0.39 is 0 Å². The van der Waals surface area contributed by atoms with Crippen molar-refractivity contribution in [1.82, 2.24) is 10.2 Å². The molecule has 1 aliphatic heterocycles. The molecule has 0 spiro atoms. The van der Waals surface area contributed by atoms with Crippen LogP contribution in [-0.2, 0) is 4.79 Å². The molecule has 0 aromatic rings. The average molecular weight is 184 g/mol. The molecule has 0 aromatic carbocycles. The third-order valence-corrected chi connectivity index (χ3v) is 2.96. The van der Waals surface area contributed by atoms with E-state index in [0.717, 1.165) is 32.4 Å². The van der Waals surface area contributed by atoms with Gasteiger partial charge in [-0.25, -0.2) is 0 Å². The SMILES string of the molecule is O=C1CN(C2CCC(O)C2)CCN1. The maximum absolute atomic E-state index is 11.1. The topological polar surface area (TPSA) is 52.6 Å². The Hall–Kier alpha value is -0.610. The van der Waals surface area contributed by atoms with Crippen LogP contribution in [0.3, 0.4) is 0 Å². The van der Waals surface area contributed by atoms with E-state index in [1.165, 1.54) is 0 Å². The minimum Gasteiger partial charge on any atom is -0.393 e. The van der Waals surface area contributed by atoms with Gasteiger partial charge in [-0.3, -0.25) is 9.69 Å². The Morgan fingerprint density at radius 2 is 2.31 bits per heavy atom.